The summed E-state index contributed by atoms with van der Waals surface area (Å²) in [6.07, 6.45) is 5.11. The third kappa shape index (κ3) is 2.71. The van der Waals surface area contributed by atoms with E-state index in [1.807, 2.05) is 7.05 Å². The molecule has 0 saturated heterocycles. The lowest BCUT2D eigenvalue weighted by Crippen LogP contribution is -2.11. The van der Waals surface area contributed by atoms with E-state index in [2.05, 4.69) is 30.8 Å². The average molecular weight is 235 g/mol. The fourth-order valence-corrected chi connectivity index (χ4v) is 2.68. The molecule has 1 aliphatic carbocycles. The molecule has 17 heavy (non-hydrogen) atoms. The molecule has 1 unspecified atom stereocenters. The fraction of sp³-hybridized carbons (Fsp3) is 0.786. The Morgan fingerprint density at radius 2 is 2.12 bits per heavy atom. The van der Waals surface area contributed by atoms with Gasteiger partial charge in [-0.3, -0.25) is 4.68 Å². The van der Waals surface area contributed by atoms with Gasteiger partial charge in [0, 0.05) is 5.69 Å². The molecule has 1 heterocycles. The third-order valence-corrected chi connectivity index (χ3v) is 4.02. The minimum absolute atomic E-state index is 0.590. The summed E-state index contributed by atoms with van der Waals surface area (Å²) in [5.41, 5.74) is 4.08. The number of rotatable bonds is 6. The monoisotopic (exact) mass is 235 g/mol. The Labute approximate surface area is 105 Å². The van der Waals surface area contributed by atoms with Crippen molar-refractivity contribution in [3.63, 3.8) is 0 Å². The molecule has 1 N–H and O–H groups in total. The molecule has 2 rings (SSSR count). The van der Waals surface area contributed by atoms with Gasteiger partial charge in [0.15, 0.2) is 0 Å². The van der Waals surface area contributed by atoms with E-state index in [4.69, 9.17) is 5.10 Å². The predicted octanol–water partition coefficient (Wildman–Crippen LogP) is 2.62. The molecule has 0 radical (unpaired) electrons. The minimum Gasteiger partial charge on any atom is -0.320 e. The molecule has 0 amide bonds. The zero-order valence-electron chi connectivity index (χ0n) is 11.6. The highest BCUT2D eigenvalue weighted by molar-refractivity contribution is 5.25. The highest BCUT2D eigenvalue weighted by Gasteiger charge is 2.31. The van der Waals surface area contributed by atoms with Crippen LogP contribution in [0.25, 0.3) is 0 Å². The van der Waals surface area contributed by atoms with Crippen LogP contribution in [0.4, 0.5) is 0 Å². The SMILES string of the molecule is CNCCCc1c(C)nn(C(C)C2CC2)c1C. The van der Waals surface area contributed by atoms with Crippen molar-refractivity contribution in [2.24, 2.45) is 5.92 Å². The van der Waals surface area contributed by atoms with Gasteiger partial charge in [-0.05, 0) is 71.5 Å². The lowest BCUT2D eigenvalue weighted by molar-refractivity contribution is 0.429. The van der Waals surface area contributed by atoms with Gasteiger partial charge in [0.2, 0.25) is 0 Å². The number of aromatic nitrogens is 2. The Balaban J connectivity index is 2.10. The zero-order chi connectivity index (χ0) is 12.4. The normalized spacial score (nSPS) is 17.4. The molecule has 3 heteroatoms. The minimum atomic E-state index is 0.590. The van der Waals surface area contributed by atoms with Crippen LogP contribution in [0.5, 0.6) is 0 Å². The molecule has 0 aromatic carbocycles. The summed E-state index contributed by atoms with van der Waals surface area (Å²) in [6, 6.07) is 0.590. The van der Waals surface area contributed by atoms with E-state index in [-0.39, 0.29) is 0 Å². The van der Waals surface area contributed by atoms with E-state index in [1.165, 1.54) is 36.2 Å². The lowest BCUT2D eigenvalue weighted by Gasteiger charge is -2.13. The summed E-state index contributed by atoms with van der Waals surface area (Å²) in [4.78, 5) is 0. The van der Waals surface area contributed by atoms with Gasteiger partial charge in [-0.25, -0.2) is 0 Å². The lowest BCUT2D eigenvalue weighted by atomic mass is 10.1. The molecule has 0 spiro atoms. The number of nitrogens with zero attached hydrogens (tertiary/aromatic N) is 2. The van der Waals surface area contributed by atoms with E-state index in [0.717, 1.165) is 18.9 Å². The topological polar surface area (TPSA) is 29.9 Å². The number of nitrogens with one attached hydrogen (secondary N) is 1. The Morgan fingerprint density at radius 1 is 1.41 bits per heavy atom. The van der Waals surface area contributed by atoms with Gasteiger partial charge in [-0.2, -0.15) is 5.10 Å². The van der Waals surface area contributed by atoms with Crippen molar-refractivity contribution >= 4 is 0 Å². The Morgan fingerprint density at radius 3 is 2.71 bits per heavy atom. The van der Waals surface area contributed by atoms with Crippen LogP contribution in [-0.4, -0.2) is 23.4 Å². The van der Waals surface area contributed by atoms with Gasteiger partial charge in [0.1, 0.15) is 0 Å². The maximum absolute atomic E-state index is 4.75. The molecule has 0 bridgehead atoms. The maximum atomic E-state index is 4.75. The summed E-state index contributed by atoms with van der Waals surface area (Å²) < 4.78 is 2.27. The second-order valence-electron chi connectivity index (χ2n) is 5.38. The second-order valence-corrected chi connectivity index (χ2v) is 5.38. The summed E-state index contributed by atoms with van der Waals surface area (Å²) >= 11 is 0. The smallest absolute Gasteiger partial charge is 0.0628 e. The first kappa shape index (κ1) is 12.6. The van der Waals surface area contributed by atoms with Crippen LogP contribution in [0.3, 0.4) is 0 Å². The van der Waals surface area contributed by atoms with Crippen LogP contribution < -0.4 is 5.32 Å². The van der Waals surface area contributed by atoms with E-state index in [1.54, 1.807) is 0 Å². The molecule has 1 atom stereocenters. The zero-order valence-corrected chi connectivity index (χ0v) is 11.6. The van der Waals surface area contributed by atoms with Crippen LogP contribution >= 0.6 is 0 Å². The van der Waals surface area contributed by atoms with Crippen molar-refractivity contribution in [3.8, 4) is 0 Å². The molecule has 0 aliphatic heterocycles. The van der Waals surface area contributed by atoms with E-state index in [9.17, 15) is 0 Å². The van der Waals surface area contributed by atoms with Crippen molar-refractivity contribution in [1.29, 1.82) is 0 Å². The summed E-state index contributed by atoms with van der Waals surface area (Å²) in [6.45, 7) is 7.78. The second kappa shape index (κ2) is 5.21. The van der Waals surface area contributed by atoms with Crippen molar-refractivity contribution in [1.82, 2.24) is 15.1 Å². The molecule has 1 saturated carbocycles. The Kier molecular flexibility index (Phi) is 3.87. The first-order chi connectivity index (χ1) is 8.15. The Bertz CT molecular complexity index is 377. The van der Waals surface area contributed by atoms with Gasteiger partial charge in [-0.15, -0.1) is 0 Å². The van der Waals surface area contributed by atoms with Crippen LogP contribution in [0.2, 0.25) is 0 Å². The van der Waals surface area contributed by atoms with Crippen molar-refractivity contribution < 1.29 is 0 Å². The maximum Gasteiger partial charge on any atom is 0.0628 e. The first-order valence-electron chi connectivity index (χ1n) is 6.84. The van der Waals surface area contributed by atoms with Crippen LogP contribution in [0, 0.1) is 19.8 Å². The number of aryl methyl sites for hydroxylation is 1. The largest absolute Gasteiger partial charge is 0.320 e. The van der Waals surface area contributed by atoms with E-state index < -0.39 is 0 Å². The average Bonchev–Trinajstić information content (AvgIpc) is 3.10. The Hall–Kier alpha value is -0.830. The molecular formula is C14H25N3. The van der Waals surface area contributed by atoms with Crippen LogP contribution in [-0.2, 0) is 6.42 Å². The highest BCUT2D eigenvalue weighted by atomic mass is 15.3. The molecule has 1 fully saturated rings. The van der Waals surface area contributed by atoms with Gasteiger partial charge < -0.3 is 5.32 Å². The van der Waals surface area contributed by atoms with Gasteiger partial charge in [-0.1, -0.05) is 0 Å². The van der Waals surface area contributed by atoms with Crippen molar-refractivity contribution in [2.45, 2.75) is 52.5 Å². The van der Waals surface area contributed by atoms with E-state index >= 15 is 0 Å². The van der Waals surface area contributed by atoms with Gasteiger partial charge >= 0.3 is 0 Å². The molecule has 1 aliphatic rings. The van der Waals surface area contributed by atoms with Crippen LogP contribution in [0.1, 0.15) is 49.2 Å². The summed E-state index contributed by atoms with van der Waals surface area (Å²) in [5, 5.41) is 7.95. The third-order valence-electron chi connectivity index (χ3n) is 4.02. The molecule has 1 aromatic heterocycles. The fourth-order valence-electron chi connectivity index (χ4n) is 2.68. The van der Waals surface area contributed by atoms with Crippen molar-refractivity contribution in [3.05, 3.63) is 17.0 Å². The predicted molar refractivity (Wildman–Crippen MR) is 71.4 cm³/mol. The quantitative estimate of drug-likeness (QED) is 0.768. The van der Waals surface area contributed by atoms with Gasteiger partial charge in [0.25, 0.3) is 0 Å². The van der Waals surface area contributed by atoms with Crippen LogP contribution in [0.15, 0.2) is 0 Å². The standard InChI is InChI=1S/C14H25N3/c1-10-14(6-5-9-15-4)12(3)17(16-10)11(2)13-7-8-13/h11,13,15H,5-9H2,1-4H3. The van der Waals surface area contributed by atoms with Gasteiger partial charge in [0.05, 0.1) is 11.7 Å². The molecule has 96 valence electrons. The molecule has 3 nitrogen and oxygen atoms in total. The first-order valence-corrected chi connectivity index (χ1v) is 6.84. The number of hydrogen-bond acceptors (Lipinski definition) is 2. The van der Waals surface area contributed by atoms with E-state index in [0.29, 0.717) is 6.04 Å². The highest BCUT2D eigenvalue weighted by Crippen LogP contribution is 2.40. The summed E-state index contributed by atoms with van der Waals surface area (Å²) in [7, 11) is 2.01. The number of hydrogen-bond donors (Lipinski definition) is 1. The molecule has 1 aromatic rings. The molecular weight excluding hydrogens is 210 g/mol. The summed E-state index contributed by atoms with van der Waals surface area (Å²) in [5.74, 6) is 0.873. The van der Waals surface area contributed by atoms with Crippen molar-refractivity contribution in [2.75, 3.05) is 13.6 Å².